The molecule has 194 valence electrons. The maximum atomic E-state index is 10.4. The van der Waals surface area contributed by atoms with Crippen molar-refractivity contribution in [2.45, 2.75) is 29.7 Å². The van der Waals surface area contributed by atoms with Crippen LogP contribution < -0.4 is 0 Å². The number of benzene rings is 2. The van der Waals surface area contributed by atoms with Crippen molar-refractivity contribution in [1.82, 2.24) is 0 Å². The Hall–Kier alpha value is -1.86. The van der Waals surface area contributed by atoms with E-state index in [-0.39, 0.29) is 15.9 Å². The lowest BCUT2D eigenvalue weighted by molar-refractivity contribution is -0.895. The predicted octanol–water partition coefficient (Wildman–Crippen LogP) is 1.56. The van der Waals surface area contributed by atoms with Crippen LogP contribution in [0.1, 0.15) is 11.1 Å². The van der Waals surface area contributed by atoms with Crippen molar-refractivity contribution in [3.8, 4) is 0 Å². The predicted molar refractivity (Wildman–Crippen MR) is 130 cm³/mol. The van der Waals surface area contributed by atoms with Gasteiger partial charge in [-0.15, -0.1) is 0 Å². The Morgan fingerprint density at radius 3 is 1.06 bits per heavy atom. The van der Waals surface area contributed by atoms with Gasteiger partial charge in [0, 0.05) is 0 Å². The number of aryl methyl sites for hydroxylation is 2. The molecule has 11 heteroatoms. The number of nitrogens with zero attached hydrogens (tertiary/aromatic N) is 2. The molecule has 0 saturated heterocycles. The molecule has 0 amide bonds. The maximum Gasteiger partial charge on any atom is 0.152 e. The van der Waals surface area contributed by atoms with E-state index in [2.05, 4.69) is 42.3 Å². The molecule has 34 heavy (non-hydrogen) atoms. The van der Waals surface area contributed by atoms with Gasteiger partial charge in [0.2, 0.25) is 0 Å². The van der Waals surface area contributed by atoms with Crippen LogP contribution in [0.15, 0.2) is 58.3 Å². The van der Waals surface area contributed by atoms with Gasteiger partial charge in [-0.05, 0) is 38.1 Å². The van der Waals surface area contributed by atoms with Crippen molar-refractivity contribution < 1.29 is 40.0 Å². The number of hydrogen-bond donors (Lipinski definition) is 1. The number of aliphatic hydroxyl groups is 1. The van der Waals surface area contributed by atoms with Gasteiger partial charge in [0.15, 0.2) is 6.10 Å². The van der Waals surface area contributed by atoms with Crippen LogP contribution in [0.3, 0.4) is 0 Å². The first kappa shape index (κ1) is 32.1. The molecule has 0 fully saturated rings. The SMILES string of the molecule is C[N+](C)(C)CC(O)C[N+](C)(C)C.Cc1ccc(S(=O)(=O)[O-])cc1.Cc1ccc(S(=O)(=O)[O-])cc1. The normalized spacial score (nSPS) is 12.4. The molecule has 0 heterocycles. The molecule has 0 aliphatic heterocycles. The Morgan fingerprint density at radius 1 is 0.647 bits per heavy atom. The van der Waals surface area contributed by atoms with E-state index in [9.17, 15) is 31.0 Å². The van der Waals surface area contributed by atoms with Gasteiger partial charge in [-0.2, -0.15) is 0 Å². The highest BCUT2D eigenvalue weighted by molar-refractivity contribution is 7.86. The summed E-state index contributed by atoms with van der Waals surface area (Å²) in [5, 5.41) is 9.69. The highest BCUT2D eigenvalue weighted by Crippen LogP contribution is 2.09. The van der Waals surface area contributed by atoms with Crippen molar-refractivity contribution in [2.24, 2.45) is 0 Å². The lowest BCUT2D eigenvalue weighted by atomic mass is 10.2. The van der Waals surface area contributed by atoms with E-state index in [4.69, 9.17) is 0 Å². The Kier molecular flexibility index (Phi) is 12.0. The summed E-state index contributed by atoms with van der Waals surface area (Å²) in [6, 6.07) is 11.6. The van der Waals surface area contributed by atoms with E-state index in [1.54, 1.807) is 24.3 Å². The third-order valence-electron chi connectivity index (χ3n) is 4.14. The van der Waals surface area contributed by atoms with Crippen LogP contribution in [0.4, 0.5) is 0 Å². The summed E-state index contributed by atoms with van der Waals surface area (Å²) in [5.74, 6) is 0. The zero-order chi connectivity index (χ0) is 27.0. The fourth-order valence-corrected chi connectivity index (χ4v) is 3.67. The Labute approximate surface area is 205 Å². The average molecular weight is 519 g/mol. The zero-order valence-corrected chi connectivity index (χ0v) is 22.9. The second kappa shape index (κ2) is 12.7. The third kappa shape index (κ3) is 15.9. The number of hydrogen-bond acceptors (Lipinski definition) is 7. The van der Waals surface area contributed by atoms with Gasteiger partial charge in [0.1, 0.15) is 33.3 Å². The molecule has 0 radical (unpaired) electrons. The van der Waals surface area contributed by atoms with Crippen LogP contribution in [0.2, 0.25) is 0 Å². The molecule has 0 saturated carbocycles. The van der Waals surface area contributed by atoms with Gasteiger partial charge < -0.3 is 23.2 Å². The van der Waals surface area contributed by atoms with E-state index in [1.807, 2.05) is 13.8 Å². The Balaban J connectivity index is 0.000000481. The van der Waals surface area contributed by atoms with Gasteiger partial charge in [-0.25, -0.2) is 16.8 Å². The maximum absolute atomic E-state index is 10.4. The molecule has 0 bridgehead atoms. The molecule has 0 aliphatic carbocycles. The van der Waals surface area contributed by atoms with Crippen LogP contribution in [-0.2, 0) is 20.2 Å². The average Bonchev–Trinajstić information content (AvgIpc) is 2.58. The molecule has 9 nitrogen and oxygen atoms in total. The molecular weight excluding hydrogens is 480 g/mol. The minimum atomic E-state index is -4.27. The van der Waals surface area contributed by atoms with E-state index >= 15 is 0 Å². The first-order valence-corrected chi connectivity index (χ1v) is 13.3. The van der Waals surface area contributed by atoms with Crippen LogP contribution >= 0.6 is 0 Å². The van der Waals surface area contributed by atoms with Crippen LogP contribution in [0, 0.1) is 13.8 Å². The first-order chi connectivity index (χ1) is 15.1. The third-order valence-corrected chi connectivity index (χ3v) is 5.84. The van der Waals surface area contributed by atoms with E-state index in [1.165, 1.54) is 24.3 Å². The number of likely N-dealkylation sites (N-methyl/N-ethyl adjacent to an activating group) is 2. The highest BCUT2D eigenvalue weighted by Gasteiger charge is 2.21. The van der Waals surface area contributed by atoms with Gasteiger partial charge in [-0.3, -0.25) is 0 Å². The standard InChI is InChI=1S/C9H24N2O.2C7H8O3S/c1-10(2,3)7-9(12)8-11(4,5)6;2*1-6-2-4-7(5-3-6)11(8,9)10/h9,12H,7-8H2,1-6H3;2*2-5H,1H3,(H,8,9,10)/q+2;;/p-2. The first-order valence-electron chi connectivity index (χ1n) is 10.4. The quantitative estimate of drug-likeness (QED) is 0.453. The molecule has 2 aromatic carbocycles. The Bertz CT molecular complexity index is 994. The van der Waals surface area contributed by atoms with Crippen molar-refractivity contribution in [3.05, 3.63) is 59.7 Å². The minimum Gasteiger partial charge on any atom is -0.744 e. The Morgan fingerprint density at radius 2 is 0.882 bits per heavy atom. The molecule has 0 aromatic heterocycles. The summed E-state index contributed by atoms with van der Waals surface area (Å²) in [7, 11) is 4.04. The number of aliphatic hydroxyl groups excluding tert-OH is 1. The summed E-state index contributed by atoms with van der Waals surface area (Å²) in [6.07, 6.45) is -0.204. The molecule has 0 spiro atoms. The second-order valence-electron chi connectivity index (χ2n) is 10.1. The molecule has 2 aromatic rings. The van der Waals surface area contributed by atoms with Crippen LogP contribution in [0.5, 0.6) is 0 Å². The van der Waals surface area contributed by atoms with Crippen molar-refractivity contribution in [1.29, 1.82) is 0 Å². The van der Waals surface area contributed by atoms with E-state index in [0.29, 0.717) is 0 Å². The summed E-state index contributed by atoms with van der Waals surface area (Å²) >= 11 is 0. The number of quaternary nitrogens is 2. The molecule has 0 atom stereocenters. The zero-order valence-electron chi connectivity index (χ0n) is 21.2. The molecule has 2 rings (SSSR count). The monoisotopic (exact) mass is 518 g/mol. The molecule has 0 aliphatic rings. The number of rotatable bonds is 6. The fourth-order valence-electron chi connectivity index (χ4n) is 2.73. The smallest absolute Gasteiger partial charge is 0.152 e. The summed E-state index contributed by atoms with van der Waals surface area (Å²) in [6.45, 7) is 5.27. The van der Waals surface area contributed by atoms with Crippen LogP contribution in [0.25, 0.3) is 0 Å². The lowest BCUT2D eigenvalue weighted by Gasteiger charge is -2.31. The van der Waals surface area contributed by atoms with E-state index in [0.717, 1.165) is 33.2 Å². The van der Waals surface area contributed by atoms with Gasteiger partial charge in [-0.1, -0.05) is 35.4 Å². The largest absolute Gasteiger partial charge is 0.744 e. The topological polar surface area (TPSA) is 135 Å². The van der Waals surface area contributed by atoms with E-state index < -0.39 is 20.2 Å². The summed E-state index contributed by atoms with van der Waals surface area (Å²) in [5.41, 5.74) is 1.86. The van der Waals surface area contributed by atoms with Gasteiger partial charge >= 0.3 is 0 Å². The van der Waals surface area contributed by atoms with Crippen molar-refractivity contribution in [2.75, 3.05) is 55.4 Å². The van der Waals surface area contributed by atoms with Gasteiger partial charge in [0.25, 0.3) is 0 Å². The highest BCUT2D eigenvalue weighted by atomic mass is 32.2. The molecular formula is C23H38N2O7S2. The van der Waals surface area contributed by atoms with Crippen molar-refractivity contribution >= 4 is 20.2 Å². The molecule has 0 unspecified atom stereocenters. The fraction of sp³-hybridized carbons (Fsp3) is 0.478. The van der Waals surface area contributed by atoms with Crippen molar-refractivity contribution in [3.63, 3.8) is 0 Å². The minimum absolute atomic E-state index is 0.178. The second-order valence-corrected chi connectivity index (χ2v) is 12.9. The lowest BCUT2D eigenvalue weighted by Crippen LogP contribution is -2.49. The van der Waals surface area contributed by atoms with Crippen LogP contribution in [-0.4, -0.2) is 101 Å². The van der Waals surface area contributed by atoms with Gasteiger partial charge in [0.05, 0.1) is 52.1 Å². The molecule has 1 N–H and O–H groups in total. The summed E-state index contributed by atoms with van der Waals surface area (Å²) < 4.78 is 64.0. The summed E-state index contributed by atoms with van der Waals surface area (Å²) in [4.78, 5) is -0.355.